The second kappa shape index (κ2) is 11.4. The number of nitrogens with zero attached hydrogens (tertiary/aromatic N) is 3. The molecule has 2 atom stereocenters. The maximum absolute atomic E-state index is 14.2. The summed E-state index contributed by atoms with van der Waals surface area (Å²) in [6.07, 6.45) is 10.5. The Kier molecular flexibility index (Phi) is 8.15. The molecule has 2 aromatic rings. The Morgan fingerprint density at radius 2 is 1.79 bits per heavy atom. The van der Waals surface area contributed by atoms with Gasteiger partial charge in [-0.05, 0) is 50.8 Å². The maximum atomic E-state index is 14.2. The van der Waals surface area contributed by atoms with Crippen molar-refractivity contribution in [3.05, 3.63) is 24.0 Å². The average Bonchev–Trinajstić information content (AvgIpc) is 3.22. The molecule has 2 fully saturated rings. The molecule has 2 heterocycles. The summed E-state index contributed by atoms with van der Waals surface area (Å²) in [6, 6.07) is 5.69. The summed E-state index contributed by atoms with van der Waals surface area (Å²) in [4.78, 5) is 13.9. The van der Waals surface area contributed by atoms with Crippen molar-refractivity contribution < 1.29 is 9.13 Å². The summed E-state index contributed by atoms with van der Waals surface area (Å²) in [5.74, 6) is 1.21. The number of aromatic nitrogens is 3. The molecular formula is C24H36FN7O. The number of halogens is 1. The lowest BCUT2D eigenvalue weighted by Crippen LogP contribution is -2.40. The molecule has 4 rings (SSSR count). The van der Waals surface area contributed by atoms with E-state index >= 15 is 0 Å². The fourth-order valence-electron chi connectivity index (χ4n) is 4.75. The van der Waals surface area contributed by atoms with Gasteiger partial charge in [-0.2, -0.15) is 15.0 Å². The Morgan fingerprint density at radius 1 is 1.03 bits per heavy atom. The third kappa shape index (κ3) is 6.43. The highest BCUT2D eigenvalue weighted by molar-refractivity contribution is 5.57. The molecule has 1 aromatic carbocycles. The molecule has 8 nitrogen and oxygen atoms in total. The van der Waals surface area contributed by atoms with Crippen LogP contribution in [0.25, 0.3) is 0 Å². The molecule has 2 aliphatic rings. The molecule has 33 heavy (non-hydrogen) atoms. The Labute approximate surface area is 195 Å². The van der Waals surface area contributed by atoms with E-state index < -0.39 is 5.82 Å². The summed E-state index contributed by atoms with van der Waals surface area (Å²) in [7, 11) is 1.45. The predicted octanol–water partition coefficient (Wildman–Crippen LogP) is 4.84. The highest BCUT2D eigenvalue weighted by Gasteiger charge is 2.24. The number of rotatable bonds is 9. The number of anilines is 4. The predicted molar refractivity (Wildman–Crippen MR) is 130 cm³/mol. The van der Waals surface area contributed by atoms with Gasteiger partial charge in [0.05, 0.1) is 7.11 Å². The fourth-order valence-corrected chi connectivity index (χ4v) is 4.75. The Hall–Kier alpha value is -2.68. The minimum absolute atomic E-state index is 0.198. The van der Waals surface area contributed by atoms with Gasteiger partial charge in [0.15, 0.2) is 11.6 Å². The van der Waals surface area contributed by atoms with Crippen molar-refractivity contribution in [3.8, 4) is 5.75 Å². The van der Waals surface area contributed by atoms with Gasteiger partial charge >= 0.3 is 0 Å². The molecule has 1 aromatic heterocycles. The van der Waals surface area contributed by atoms with E-state index in [0.717, 1.165) is 32.2 Å². The quantitative estimate of drug-likeness (QED) is 0.397. The molecule has 1 saturated carbocycles. The molecule has 0 spiro atoms. The van der Waals surface area contributed by atoms with Gasteiger partial charge in [0.2, 0.25) is 17.8 Å². The second-order valence-corrected chi connectivity index (χ2v) is 8.98. The van der Waals surface area contributed by atoms with E-state index in [0.29, 0.717) is 35.6 Å². The first-order valence-electron chi connectivity index (χ1n) is 12.3. The molecule has 0 amide bonds. The first-order chi connectivity index (χ1) is 16.1. The molecular weight excluding hydrogens is 421 g/mol. The lowest BCUT2D eigenvalue weighted by Gasteiger charge is -2.24. The van der Waals surface area contributed by atoms with Gasteiger partial charge in [-0.15, -0.1) is 0 Å². The van der Waals surface area contributed by atoms with Gasteiger partial charge in [0.25, 0.3) is 0 Å². The number of benzene rings is 1. The van der Waals surface area contributed by atoms with Gasteiger partial charge in [-0.1, -0.05) is 32.6 Å². The molecule has 1 saturated heterocycles. The number of hydrogen-bond acceptors (Lipinski definition) is 8. The number of ether oxygens (including phenoxy) is 1. The van der Waals surface area contributed by atoms with Crippen molar-refractivity contribution in [2.24, 2.45) is 0 Å². The molecule has 0 bridgehead atoms. The lowest BCUT2D eigenvalue weighted by atomic mass is 10.0. The van der Waals surface area contributed by atoms with Crippen LogP contribution >= 0.6 is 0 Å². The van der Waals surface area contributed by atoms with Gasteiger partial charge in [-0.25, -0.2) is 4.39 Å². The summed E-state index contributed by atoms with van der Waals surface area (Å²) in [6.45, 7) is 3.22. The average molecular weight is 458 g/mol. The first kappa shape index (κ1) is 23.5. The molecule has 4 N–H and O–H groups in total. The van der Waals surface area contributed by atoms with E-state index in [1.54, 1.807) is 12.1 Å². The van der Waals surface area contributed by atoms with Crippen LogP contribution < -0.4 is 26.0 Å². The Bertz CT molecular complexity index is 898. The van der Waals surface area contributed by atoms with Crippen LogP contribution in [-0.4, -0.2) is 46.7 Å². The van der Waals surface area contributed by atoms with E-state index in [1.165, 1.54) is 45.3 Å². The Balaban J connectivity index is 1.56. The van der Waals surface area contributed by atoms with Gasteiger partial charge < -0.3 is 26.0 Å². The van der Waals surface area contributed by atoms with Crippen LogP contribution in [0.3, 0.4) is 0 Å². The molecule has 180 valence electrons. The van der Waals surface area contributed by atoms with Crippen LogP contribution in [0.4, 0.5) is 27.9 Å². The third-order valence-electron chi connectivity index (χ3n) is 6.57. The topological polar surface area (TPSA) is 96.0 Å². The fraction of sp³-hybridized carbons (Fsp3) is 0.625. The molecule has 9 heteroatoms. The van der Waals surface area contributed by atoms with E-state index in [1.807, 2.05) is 0 Å². The molecule has 1 unspecified atom stereocenters. The monoisotopic (exact) mass is 457 g/mol. The van der Waals surface area contributed by atoms with Crippen LogP contribution in [0.1, 0.15) is 64.7 Å². The van der Waals surface area contributed by atoms with Gasteiger partial charge in [0, 0.05) is 29.9 Å². The van der Waals surface area contributed by atoms with E-state index in [9.17, 15) is 4.39 Å². The van der Waals surface area contributed by atoms with Crippen molar-refractivity contribution in [1.82, 2.24) is 20.3 Å². The SMILES string of the molecule is CC[C@H](Nc1nc(Nc2ccc(OC)c(F)c2)nc(NC2CCCCCC2)n1)C1CCCN1. The number of nitrogens with one attached hydrogen (secondary N) is 4. The highest BCUT2D eigenvalue weighted by Crippen LogP contribution is 2.25. The summed E-state index contributed by atoms with van der Waals surface area (Å²) in [5, 5.41) is 13.7. The molecule has 1 aliphatic carbocycles. The van der Waals surface area contributed by atoms with Crippen LogP contribution in [0.5, 0.6) is 5.75 Å². The molecule has 1 aliphatic heterocycles. The van der Waals surface area contributed by atoms with Crippen LogP contribution in [0.2, 0.25) is 0 Å². The Morgan fingerprint density at radius 3 is 2.45 bits per heavy atom. The van der Waals surface area contributed by atoms with E-state index in [-0.39, 0.29) is 11.8 Å². The minimum Gasteiger partial charge on any atom is -0.494 e. The van der Waals surface area contributed by atoms with Crippen LogP contribution in [0, 0.1) is 5.82 Å². The third-order valence-corrected chi connectivity index (χ3v) is 6.57. The number of methoxy groups -OCH3 is 1. The van der Waals surface area contributed by atoms with E-state index in [4.69, 9.17) is 9.72 Å². The lowest BCUT2D eigenvalue weighted by molar-refractivity contribution is 0.386. The zero-order valence-corrected chi connectivity index (χ0v) is 19.7. The van der Waals surface area contributed by atoms with Crippen molar-refractivity contribution in [1.29, 1.82) is 0 Å². The van der Waals surface area contributed by atoms with Gasteiger partial charge in [-0.3, -0.25) is 0 Å². The zero-order chi connectivity index (χ0) is 23.0. The minimum atomic E-state index is -0.440. The van der Waals surface area contributed by atoms with Gasteiger partial charge in [0.1, 0.15) is 0 Å². The maximum Gasteiger partial charge on any atom is 0.233 e. The van der Waals surface area contributed by atoms with Crippen LogP contribution in [0.15, 0.2) is 18.2 Å². The molecule has 0 radical (unpaired) electrons. The highest BCUT2D eigenvalue weighted by atomic mass is 19.1. The standard InChI is InChI=1S/C24H36FN7O/c1-3-19(20-11-8-14-26-20)29-24-31-22(27-16-9-6-4-5-7-10-16)30-23(32-24)28-17-12-13-21(33-2)18(25)15-17/h12-13,15-16,19-20,26H,3-11,14H2,1-2H3,(H3,27,28,29,30,31,32)/t19-,20?/m0/s1. The first-order valence-corrected chi connectivity index (χ1v) is 12.3. The largest absolute Gasteiger partial charge is 0.494 e. The smallest absolute Gasteiger partial charge is 0.233 e. The van der Waals surface area contributed by atoms with Crippen molar-refractivity contribution >= 4 is 23.5 Å². The zero-order valence-electron chi connectivity index (χ0n) is 19.7. The van der Waals surface area contributed by atoms with E-state index in [2.05, 4.69) is 38.2 Å². The van der Waals surface area contributed by atoms with Crippen molar-refractivity contribution in [2.75, 3.05) is 29.6 Å². The summed E-state index contributed by atoms with van der Waals surface area (Å²) >= 11 is 0. The van der Waals surface area contributed by atoms with Crippen molar-refractivity contribution in [2.45, 2.75) is 82.8 Å². The summed E-state index contributed by atoms with van der Waals surface area (Å²) < 4.78 is 19.2. The summed E-state index contributed by atoms with van der Waals surface area (Å²) in [5.41, 5.74) is 0.551. The van der Waals surface area contributed by atoms with Crippen LogP contribution in [-0.2, 0) is 0 Å². The van der Waals surface area contributed by atoms with Crippen molar-refractivity contribution in [3.63, 3.8) is 0 Å². The second-order valence-electron chi connectivity index (χ2n) is 8.98. The number of hydrogen-bond donors (Lipinski definition) is 4. The normalized spacial score (nSPS) is 20.2.